The van der Waals surface area contributed by atoms with Gasteiger partial charge in [0.25, 0.3) is 0 Å². The first-order valence-corrected chi connectivity index (χ1v) is 14.1. The quantitative estimate of drug-likeness (QED) is 0.164. The van der Waals surface area contributed by atoms with Gasteiger partial charge in [0.15, 0.2) is 11.4 Å². The molecule has 5 rings (SSSR count). The third kappa shape index (κ3) is 8.01. The van der Waals surface area contributed by atoms with E-state index in [9.17, 15) is 18.0 Å². The van der Waals surface area contributed by atoms with E-state index in [0.29, 0.717) is 49.6 Å². The lowest BCUT2D eigenvalue weighted by molar-refractivity contribution is -0.873. The highest BCUT2D eigenvalue weighted by molar-refractivity contribution is 7.98. The molecular weight excluding hydrogens is 600 g/mol. The molecule has 0 atom stereocenters. The molecule has 224 valence electrons. The fourth-order valence-corrected chi connectivity index (χ4v) is 5.70. The highest BCUT2D eigenvalue weighted by Crippen LogP contribution is 2.30. The van der Waals surface area contributed by atoms with Crippen LogP contribution in [-0.2, 0) is 25.0 Å². The number of pyridine rings is 1. The molecule has 0 radical (unpaired) electrons. The van der Waals surface area contributed by atoms with Gasteiger partial charge in [-0.2, -0.15) is 24.9 Å². The minimum Gasteiger partial charge on any atom is -1.00 e. The van der Waals surface area contributed by atoms with Crippen LogP contribution in [0.3, 0.4) is 0 Å². The lowest BCUT2D eigenvalue weighted by atomic mass is 10.1. The number of fused-ring (bicyclic) bond motifs is 1. The van der Waals surface area contributed by atoms with Gasteiger partial charge in [-0.15, -0.1) is 0 Å². The Morgan fingerprint density at radius 3 is 2.51 bits per heavy atom. The Morgan fingerprint density at radius 1 is 1.07 bits per heavy atom. The number of H-pyrrole nitrogens is 1. The summed E-state index contributed by atoms with van der Waals surface area (Å²) >= 11 is 1.70. The van der Waals surface area contributed by atoms with Crippen LogP contribution in [0.25, 0.3) is 11.2 Å². The number of thioether (sulfide) groups is 1. The molecular formula is C27H33Cl2F3N6O2S. The molecule has 0 aliphatic carbocycles. The van der Waals surface area contributed by atoms with Crippen molar-refractivity contribution in [2.45, 2.75) is 25.0 Å². The first kappa shape index (κ1) is 32.9. The Bertz CT molecular complexity index is 1480. The van der Waals surface area contributed by atoms with Crippen molar-refractivity contribution in [1.29, 1.82) is 0 Å². The number of hydrogen-bond acceptors (Lipinski definition) is 5. The van der Waals surface area contributed by atoms with E-state index in [1.807, 2.05) is 24.3 Å². The number of benzene rings is 1. The van der Waals surface area contributed by atoms with Gasteiger partial charge in [0, 0.05) is 18.4 Å². The summed E-state index contributed by atoms with van der Waals surface area (Å²) < 4.78 is 47.0. The highest BCUT2D eigenvalue weighted by atomic mass is 35.5. The number of aryl methyl sites for hydroxylation is 1. The molecule has 8 nitrogen and oxygen atoms in total. The maximum atomic E-state index is 13.1. The van der Waals surface area contributed by atoms with Crippen molar-refractivity contribution in [3.8, 4) is 0 Å². The number of hydrogen-bond donors (Lipinski definition) is 3. The molecule has 1 aliphatic rings. The van der Waals surface area contributed by atoms with Gasteiger partial charge in [-0.05, 0) is 36.4 Å². The fourth-order valence-electron chi connectivity index (χ4n) is 4.89. The molecule has 1 aliphatic heterocycles. The first-order valence-electron chi connectivity index (χ1n) is 13.0. The third-order valence-electron chi connectivity index (χ3n) is 6.84. The normalized spacial score (nSPS) is 14.3. The Labute approximate surface area is 252 Å². The van der Waals surface area contributed by atoms with Crippen molar-refractivity contribution in [3.63, 3.8) is 0 Å². The van der Waals surface area contributed by atoms with Crippen molar-refractivity contribution in [1.82, 2.24) is 14.5 Å². The van der Waals surface area contributed by atoms with Gasteiger partial charge in [0.1, 0.15) is 23.8 Å². The summed E-state index contributed by atoms with van der Waals surface area (Å²) in [6.07, 6.45) is -4.35. The number of rotatable bonds is 9. The van der Waals surface area contributed by atoms with Gasteiger partial charge in [0.2, 0.25) is 0 Å². The lowest BCUT2D eigenvalue weighted by Gasteiger charge is -2.32. The topological polar surface area (TPSA) is 75.9 Å². The Hall–Kier alpha value is -2.64. The highest BCUT2D eigenvalue weighted by Gasteiger charge is 2.32. The number of nitrogens with zero attached hydrogens (tertiary/aromatic N) is 3. The van der Waals surface area contributed by atoms with Crippen LogP contribution >= 0.6 is 11.8 Å². The number of aromatic nitrogens is 3. The summed E-state index contributed by atoms with van der Waals surface area (Å²) in [6.45, 7) is 3.96. The Balaban J connectivity index is 0.00000231. The van der Waals surface area contributed by atoms with E-state index in [2.05, 4.69) is 24.0 Å². The standard InChI is InChI=1S/C27H31F3N6O2S.2ClH/c1-33(2)17-21-6-7-22(38-21)18-39-15-14-36-25-23(31-26(36)37)8-9-24(32-25)35-12-10-34(11-13-35)20-5-3-4-19(16-20)27(28,29)30;;/h3-9,16H,10-15,17-18H2,1-2H3,(H,31,37);2*1H. The second-order valence-corrected chi connectivity index (χ2v) is 11.2. The van der Waals surface area contributed by atoms with Gasteiger partial charge >= 0.3 is 11.9 Å². The first-order chi connectivity index (χ1) is 18.7. The zero-order valence-corrected chi connectivity index (χ0v) is 25.1. The molecule has 0 bridgehead atoms. The molecule has 14 heteroatoms. The SMILES string of the molecule is C[NH+](C)Cc1ccc(CSCCn2c(=O)[nH]c3ccc(N4CC[NH+](c5cccc(C(F)(F)F)c5)CC4)nc32)o1.[Cl-].[Cl-]. The number of nitrogens with one attached hydrogen (secondary N) is 3. The monoisotopic (exact) mass is 632 g/mol. The minimum atomic E-state index is -4.35. The van der Waals surface area contributed by atoms with E-state index in [0.717, 1.165) is 46.4 Å². The van der Waals surface area contributed by atoms with Crippen LogP contribution in [0.2, 0.25) is 0 Å². The summed E-state index contributed by atoms with van der Waals surface area (Å²) in [6, 6.07) is 13.3. The number of halogens is 5. The summed E-state index contributed by atoms with van der Waals surface area (Å²) in [5, 5.41) is 0. The predicted octanol–water partition coefficient (Wildman–Crippen LogP) is -4.04. The summed E-state index contributed by atoms with van der Waals surface area (Å²) in [7, 11) is 4.16. The van der Waals surface area contributed by atoms with Crippen LogP contribution in [-0.4, -0.2) is 60.6 Å². The van der Waals surface area contributed by atoms with Gasteiger partial charge in [-0.3, -0.25) is 9.47 Å². The summed E-state index contributed by atoms with van der Waals surface area (Å²) in [5.41, 5.74) is 1.13. The van der Waals surface area contributed by atoms with Gasteiger partial charge in [0.05, 0.1) is 57.1 Å². The van der Waals surface area contributed by atoms with Crippen LogP contribution in [0, 0.1) is 0 Å². The average molecular weight is 634 g/mol. The van der Waals surface area contributed by atoms with E-state index in [4.69, 9.17) is 9.40 Å². The molecule has 3 N–H and O–H groups in total. The lowest BCUT2D eigenvalue weighted by Crippen LogP contribution is -3.10. The fraction of sp³-hybridized carbons (Fsp3) is 0.407. The van der Waals surface area contributed by atoms with Crippen molar-refractivity contribution < 1.29 is 52.2 Å². The van der Waals surface area contributed by atoms with Crippen LogP contribution < -0.4 is 45.2 Å². The predicted molar refractivity (Wildman–Crippen MR) is 146 cm³/mol. The number of anilines is 1. The van der Waals surface area contributed by atoms with Crippen LogP contribution in [0.15, 0.2) is 57.7 Å². The number of alkyl halides is 3. The van der Waals surface area contributed by atoms with E-state index in [-0.39, 0.29) is 30.5 Å². The van der Waals surface area contributed by atoms with Crippen molar-refractivity contribution in [2.24, 2.45) is 0 Å². The molecule has 3 aromatic heterocycles. The van der Waals surface area contributed by atoms with E-state index in [1.165, 1.54) is 17.0 Å². The van der Waals surface area contributed by atoms with E-state index < -0.39 is 11.7 Å². The zero-order chi connectivity index (χ0) is 27.6. The third-order valence-corrected chi connectivity index (χ3v) is 7.80. The largest absolute Gasteiger partial charge is 1.00 e. The molecule has 4 aromatic rings. The number of imidazole rings is 1. The zero-order valence-electron chi connectivity index (χ0n) is 22.7. The summed E-state index contributed by atoms with van der Waals surface area (Å²) in [5.74, 6) is 4.11. The molecule has 1 saturated heterocycles. The van der Waals surface area contributed by atoms with Gasteiger partial charge in [-0.25, -0.2) is 9.78 Å². The van der Waals surface area contributed by atoms with Crippen LogP contribution in [0.5, 0.6) is 0 Å². The number of furan rings is 1. The van der Waals surface area contributed by atoms with Gasteiger partial charge in [-0.1, -0.05) is 6.07 Å². The second kappa shape index (κ2) is 14.0. The average Bonchev–Trinajstić information content (AvgIpc) is 3.48. The van der Waals surface area contributed by atoms with Crippen molar-refractivity contribution >= 4 is 34.4 Å². The van der Waals surface area contributed by atoms with Crippen molar-refractivity contribution in [3.05, 3.63) is 76.1 Å². The van der Waals surface area contributed by atoms with Crippen LogP contribution in [0.1, 0.15) is 17.1 Å². The molecule has 4 heterocycles. The van der Waals surface area contributed by atoms with E-state index >= 15 is 0 Å². The maximum absolute atomic E-state index is 13.1. The summed E-state index contributed by atoms with van der Waals surface area (Å²) in [4.78, 5) is 24.8. The number of piperazine rings is 1. The minimum absolute atomic E-state index is 0. The number of quaternary nitrogens is 2. The molecule has 1 aromatic carbocycles. The van der Waals surface area contributed by atoms with E-state index in [1.54, 1.807) is 22.4 Å². The molecule has 0 spiro atoms. The smallest absolute Gasteiger partial charge is 0.416 e. The Morgan fingerprint density at radius 2 is 1.80 bits per heavy atom. The molecule has 0 amide bonds. The van der Waals surface area contributed by atoms with Crippen molar-refractivity contribution in [2.75, 3.05) is 50.9 Å². The van der Waals surface area contributed by atoms with Gasteiger partial charge < -0.3 is 44.0 Å². The number of aromatic amines is 1. The van der Waals surface area contributed by atoms with Crippen LogP contribution in [0.4, 0.5) is 24.7 Å². The molecule has 1 fully saturated rings. The Kier molecular flexibility index (Phi) is 11.2. The molecule has 0 saturated carbocycles. The molecule has 41 heavy (non-hydrogen) atoms. The second-order valence-electron chi connectivity index (χ2n) is 10.1. The molecule has 0 unspecified atom stereocenters. The maximum Gasteiger partial charge on any atom is 0.416 e.